The number of benzene rings is 2. The van der Waals surface area contributed by atoms with Crippen LogP contribution in [0.2, 0.25) is 0 Å². The summed E-state index contributed by atoms with van der Waals surface area (Å²) in [5.41, 5.74) is 1.04. The molecular weight excluding hydrogens is 242 g/mol. The number of nitriles is 1. The summed E-state index contributed by atoms with van der Waals surface area (Å²) in [6, 6.07) is 14.2. The van der Waals surface area contributed by atoms with Gasteiger partial charge in [-0.25, -0.2) is 0 Å². The molecule has 0 spiro atoms. The molecule has 0 radical (unpaired) electrons. The Morgan fingerprint density at radius 1 is 1.11 bits per heavy atom. The van der Waals surface area contributed by atoms with E-state index in [1.807, 2.05) is 12.1 Å². The third kappa shape index (κ3) is 2.84. The number of rotatable bonds is 4. The number of aliphatic hydroxyl groups is 1. The summed E-state index contributed by atoms with van der Waals surface area (Å²) in [4.78, 5) is 0. The van der Waals surface area contributed by atoms with Crippen LogP contribution in [0.5, 0.6) is 17.2 Å². The molecule has 4 heteroatoms. The largest absolute Gasteiger partial charge is 0.493 e. The number of hydrogen-bond donors (Lipinski definition) is 1. The molecule has 2 aromatic carbocycles. The molecule has 96 valence electrons. The van der Waals surface area contributed by atoms with Gasteiger partial charge in [-0.1, -0.05) is 18.2 Å². The first-order valence-corrected chi connectivity index (χ1v) is 5.73. The normalized spacial score (nSPS) is 9.74. The van der Waals surface area contributed by atoms with Gasteiger partial charge in [-0.3, -0.25) is 0 Å². The Bertz CT molecular complexity index is 617. The topological polar surface area (TPSA) is 62.5 Å². The van der Waals surface area contributed by atoms with Crippen molar-refractivity contribution in [3.05, 3.63) is 53.6 Å². The lowest BCUT2D eigenvalue weighted by atomic mass is 10.1. The molecule has 0 bridgehead atoms. The average Bonchev–Trinajstić information content (AvgIpc) is 2.48. The molecule has 0 unspecified atom stereocenters. The summed E-state index contributed by atoms with van der Waals surface area (Å²) < 4.78 is 10.9. The third-order valence-electron chi connectivity index (χ3n) is 2.64. The van der Waals surface area contributed by atoms with E-state index in [9.17, 15) is 0 Å². The molecule has 0 saturated heterocycles. The third-order valence-corrected chi connectivity index (χ3v) is 2.64. The molecule has 0 aromatic heterocycles. The molecular formula is C15H13NO3. The monoisotopic (exact) mass is 255 g/mol. The summed E-state index contributed by atoms with van der Waals surface area (Å²) in [6.07, 6.45) is 0. The minimum atomic E-state index is -0.108. The fourth-order valence-corrected chi connectivity index (χ4v) is 1.67. The van der Waals surface area contributed by atoms with Gasteiger partial charge in [-0.2, -0.15) is 5.26 Å². The molecule has 0 atom stereocenters. The van der Waals surface area contributed by atoms with E-state index >= 15 is 0 Å². The van der Waals surface area contributed by atoms with Crippen molar-refractivity contribution < 1.29 is 14.6 Å². The van der Waals surface area contributed by atoms with Crippen molar-refractivity contribution >= 4 is 0 Å². The van der Waals surface area contributed by atoms with Crippen LogP contribution in [0.4, 0.5) is 0 Å². The Kier molecular flexibility index (Phi) is 4.01. The highest BCUT2D eigenvalue weighted by atomic mass is 16.5. The maximum Gasteiger partial charge on any atom is 0.169 e. The van der Waals surface area contributed by atoms with Crippen LogP contribution >= 0.6 is 0 Å². The van der Waals surface area contributed by atoms with E-state index in [4.69, 9.17) is 19.8 Å². The number of aliphatic hydroxyl groups excluding tert-OH is 1. The van der Waals surface area contributed by atoms with E-state index < -0.39 is 0 Å². The summed E-state index contributed by atoms with van der Waals surface area (Å²) >= 11 is 0. The first kappa shape index (κ1) is 12.9. The lowest BCUT2D eigenvalue weighted by Gasteiger charge is -2.11. The van der Waals surface area contributed by atoms with E-state index in [-0.39, 0.29) is 6.61 Å². The van der Waals surface area contributed by atoms with Crippen LogP contribution in [0.1, 0.15) is 11.1 Å². The molecule has 0 aliphatic heterocycles. The van der Waals surface area contributed by atoms with Gasteiger partial charge in [0.15, 0.2) is 11.5 Å². The van der Waals surface area contributed by atoms with Crippen molar-refractivity contribution in [3.8, 4) is 23.3 Å². The van der Waals surface area contributed by atoms with E-state index in [1.165, 1.54) is 0 Å². The first-order chi connectivity index (χ1) is 9.28. The predicted molar refractivity (Wildman–Crippen MR) is 70.1 cm³/mol. The smallest absolute Gasteiger partial charge is 0.169 e. The highest BCUT2D eigenvalue weighted by Gasteiger charge is 2.09. The molecule has 0 amide bonds. The molecule has 0 aliphatic carbocycles. The Labute approximate surface area is 111 Å². The maximum absolute atomic E-state index is 9.10. The van der Waals surface area contributed by atoms with Crippen molar-refractivity contribution in [2.75, 3.05) is 7.11 Å². The predicted octanol–water partition coefficient (Wildman–Crippen LogP) is 2.85. The number of hydrogen-bond acceptors (Lipinski definition) is 4. The van der Waals surface area contributed by atoms with Gasteiger partial charge in [0.25, 0.3) is 0 Å². The van der Waals surface area contributed by atoms with E-state index in [2.05, 4.69) is 6.07 Å². The van der Waals surface area contributed by atoms with Crippen molar-refractivity contribution in [1.29, 1.82) is 5.26 Å². The highest BCUT2D eigenvalue weighted by molar-refractivity contribution is 5.49. The van der Waals surface area contributed by atoms with Crippen molar-refractivity contribution in [2.45, 2.75) is 6.61 Å². The molecule has 0 heterocycles. The molecule has 2 rings (SSSR count). The van der Waals surface area contributed by atoms with E-state index in [0.717, 1.165) is 0 Å². The Morgan fingerprint density at radius 2 is 1.84 bits per heavy atom. The second kappa shape index (κ2) is 5.89. The van der Waals surface area contributed by atoms with Crippen molar-refractivity contribution in [1.82, 2.24) is 0 Å². The highest BCUT2D eigenvalue weighted by Crippen LogP contribution is 2.32. The zero-order valence-electron chi connectivity index (χ0n) is 10.5. The van der Waals surface area contributed by atoms with Crippen LogP contribution in [0.25, 0.3) is 0 Å². The van der Waals surface area contributed by atoms with Crippen molar-refractivity contribution in [2.24, 2.45) is 0 Å². The summed E-state index contributed by atoms with van der Waals surface area (Å²) in [5.74, 6) is 1.57. The van der Waals surface area contributed by atoms with Gasteiger partial charge >= 0.3 is 0 Å². The lowest BCUT2D eigenvalue weighted by molar-refractivity contribution is 0.281. The molecule has 4 nitrogen and oxygen atoms in total. The molecule has 0 fully saturated rings. The fourth-order valence-electron chi connectivity index (χ4n) is 1.67. The van der Waals surface area contributed by atoms with Crippen LogP contribution < -0.4 is 9.47 Å². The molecule has 19 heavy (non-hydrogen) atoms. The number of ether oxygens (including phenoxy) is 2. The summed E-state index contributed by atoms with van der Waals surface area (Å²) in [5, 5.41) is 18.2. The Morgan fingerprint density at radius 3 is 2.47 bits per heavy atom. The second-order valence-corrected chi connectivity index (χ2v) is 3.85. The molecule has 0 aliphatic rings. The Balaban J connectivity index is 2.36. The lowest BCUT2D eigenvalue weighted by Crippen LogP contribution is -1.93. The van der Waals surface area contributed by atoms with Crippen LogP contribution in [-0.2, 0) is 6.61 Å². The standard InChI is InChI=1S/C15H13NO3/c1-18-14-4-2-3-5-15(14)19-13-7-6-11(10-17)8-12(13)9-16/h2-8,17H,10H2,1H3. The van der Waals surface area contributed by atoms with E-state index in [0.29, 0.717) is 28.4 Å². The number of para-hydroxylation sites is 2. The SMILES string of the molecule is COc1ccccc1Oc1ccc(CO)cc1C#N. The average molecular weight is 255 g/mol. The summed E-state index contributed by atoms with van der Waals surface area (Å²) in [7, 11) is 1.56. The number of methoxy groups -OCH3 is 1. The van der Waals surface area contributed by atoms with Gasteiger partial charge < -0.3 is 14.6 Å². The molecule has 0 saturated carbocycles. The second-order valence-electron chi connectivity index (χ2n) is 3.85. The minimum Gasteiger partial charge on any atom is -0.493 e. The summed E-state index contributed by atoms with van der Waals surface area (Å²) in [6.45, 7) is -0.108. The molecule has 1 N–H and O–H groups in total. The molecule has 2 aromatic rings. The van der Waals surface area contributed by atoms with E-state index in [1.54, 1.807) is 37.4 Å². The van der Waals surface area contributed by atoms with Crippen LogP contribution in [0, 0.1) is 11.3 Å². The van der Waals surface area contributed by atoms with Gasteiger partial charge in [0, 0.05) is 0 Å². The maximum atomic E-state index is 9.10. The van der Waals surface area contributed by atoms with Crippen molar-refractivity contribution in [3.63, 3.8) is 0 Å². The van der Waals surface area contributed by atoms with Gasteiger partial charge in [0.1, 0.15) is 11.8 Å². The Hall–Kier alpha value is -2.51. The minimum absolute atomic E-state index is 0.108. The quantitative estimate of drug-likeness (QED) is 0.912. The van der Waals surface area contributed by atoms with Crippen LogP contribution in [-0.4, -0.2) is 12.2 Å². The van der Waals surface area contributed by atoms with Gasteiger partial charge in [0.2, 0.25) is 0 Å². The first-order valence-electron chi connectivity index (χ1n) is 5.73. The van der Waals surface area contributed by atoms with Crippen LogP contribution in [0.15, 0.2) is 42.5 Å². The van der Waals surface area contributed by atoms with Gasteiger partial charge in [-0.05, 0) is 29.8 Å². The zero-order chi connectivity index (χ0) is 13.7. The van der Waals surface area contributed by atoms with Gasteiger partial charge in [-0.15, -0.1) is 0 Å². The number of nitrogens with zero attached hydrogens (tertiary/aromatic N) is 1. The zero-order valence-corrected chi connectivity index (χ0v) is 10.5. The van der Waals surface area contributed by atoms with Crippen LogP contribution in [0.3, 0.4) is 0 Å². The van der Waals surface area contributed by atoms with Gasteiger partial charge in [0.05, 0.1) is 19.3 Å². The fraction of sp³-hybridized carbons (Fsp3) is 0.133.